The van der Waals surface area contributed by atoms with E-state index < -0.39 is 11.2 Å². The standard InChI is InChI=1S/C19H17Cl2NO3S/c20-14-4-6-16(21)18(12-14)26(24)10-2-1-9-25-15-5-7-17-13(11-15)3-8-19(23)22-17/h3-8,11-12H,1-2,9-10H2,(H,22,23). The molecule has 0 saturated carbocycles. The topological polar surface area (TPSA) is 65.2 Å². The van der Waals surface area contributed by atoms with Crippen molar-refractivity contribution >= 4 is 45.3 Å². The van der Waals surface area contributed by atoms with Crippen LogP contribution < -0.4 is 10.3 Å². The van der Waals surface area contributed by atoms with Gasteiger partial charge >= 0.3 is 0 Å². The summed E-state index contributed by atoms with van der Waals surface area (Å²) in [5.74, 6) is 1.24. The van der Waals surface area contributed by atoms with E-state index in [1.54, 1.807) is 24.3 Å². The average Bonchev–Trinajstić information content (AvgIpc) is 2.63. The summed E-state index contributed by atoms with van der Waals surface area (Å²) >= 11 is 10.8. The first kappa shape index (κ1) is 19.1. The summed E-state index contributed by atoms with van der Waals surface area (Å²) in [4.78, 5) is 14.6. The highest BCUT2D eigenvalue weighted by Crippen LogP contribution is 2.26. The molecule has 1 aromatic heterocycles. The number of halogens is 2. The largest absolute Gasteiger partial charge is 0.611 e. The minimum atomic E-state index is -1.18. The summed E-state index contributed by atoms with van der Waals surface area (Å²) in [6, 6.07) is 13.8. The molecule has 0 aliphatic heterocycles. The van der Waals surface area contributed by atoms with Crippen molar-refractivity contribution < 1.29 is 9.29 Å². The van der Waals surface area contributed by atoms with Gasteiger partial charge in [-0.3, -0.25) is 4.79 Å². The van der Waals surface area contributed by atoms with Crippen molar-refractivity contribution in [2.75, 3.05) is 12.4 Å². The summed E-state index contributed by atoms with van der Waals surface area (Å²) in [6.45, 7) is 0.523. The van der Waals surface area contributed by atoms with Crippen LogP contribution in [0.5, 0.6) is 5.75 Å². The Morgan fingerprint density at radius 3 is 2.73 bits per heavy atom. The maximum atomic E-state index is 12.3. The second-order valence-electron chi connectivity index (χ2n) is 5.75. The van der Waals surface area contributed by atoms with Crippen molar-refractivity contribution in [2.45, 2.75) is 17.7 Å². The van der Waals surface area contributed by atoms with E-state index in [0.717, 1.165) is 29.5 Å². The van der Waals surface area contributed by atoms with Gasteiger partial charge in [0.2, 0.25) is 5.56 Å². The fraction of sp³-hybridized carbons (Fsp3) is 0.211. The van der Waals surface area contributed by atoms with Crippen molar-refractivity contribution in [2.24, 2.45) is 0 Å². The van der Waals surface area contributed by atoms with Gasteiger partial charge in [0.15, 0.2) is 4.90 Å². The van der Waals surface area contributed by atoms with Gasteiger partial charge < -0.3 is 14.3 Å². The molecular weight excluding hydrogens is 393 g/mol. The van der Waals surface area contributed by atoms with E-state index in [-0.39, 0.29) is 5.56 Å². The van der Waals surface area contributed by atoms with Crippen molar-refractivity contribution in [3.05, 3.63) is 68.9 Å². The lowest BCUT2D eigenvalue weighted by atomic mass is 10.2. The van der Waals surface area contributed by atoms with Crippen molar-refractivity contribution in [1.82, 2.24) is 4.98 Å². The number of rotatable bonds is 7. The maximum absolute atomic E-state index is 12.3. The Morgan fingerprint density at radius 2 is 1.88 bits per heavy atom. The molecule has 0 bridgehead atoms. The molecule has 0 radical (unpaired) electrons. The van der Waals surface area contributed by atoms with Crippen LogP contribution in [0.1, 0.15) is 12.8 Å². The molecule has 1 unspecified atom stereocenters. The molecule has 136 valence electrons. The highest BCUT2D eigenvalue weighted by Gasteiger charge is 2.15. The van der Waals surface area contributed by atoms with Gasteiger partial charge in [-0.25, -0.2) is 0 Å². The van der Waals surface area contributed by atoms with Crippen LogP contribution in [0, 0.1) is 0 Å². The second-order valence-corrected chi connectivity index (χ2v) is 8.13. The SMILES string of the molecule is O=c1ccc2cc(OCCCC[S+]([O-])c3cc(Cl)ccc3Cl)ccc2[nH]1. The molecule has 0 saturated heterocycles. The van der Waals surface area contributed by atoms with E-state index in [9.17, 15) is 9.35 Å². The molecule has 0 fully saturated rings. The number of aromatic amines is 1. The summed E-state index contributed by atoms with van der Waals surface area (Å²) < 4.78 is 18.1. The summed E-state index contributed by atoms with van der Waals surface area (Å²) in [6.07, 6.45) is 1.52. The van der Waals surface area contributed by atoms with Gasteiger partial charge in [0.25, 0.3) is 0 Å². The predicted octanol–water partition coefficient (Wildman–Crippen LogP) is 4.80. The van der Waals surface area contributed by atoms with Gasteiger partial charge in [0, 0.05) is 28.1 Å². The van der Waals surface area contributed by atoms with Crippen LogP contribution in [0.4, 0.5) is 0 Å². The van der Waals surface area contributed by atoms with Gasteiger partial charge in [-0.05, 0) is 60.4 Å². The molecule has 3 aromatic rings. The molecule has 4 nitrogen and oxygen atoms in total. The average molecular weight is 410 g/mol. The second kappa shape index (κ2) is 8.82. The fourth-order valence-electron chi connectivity index (χ4n) is 2.51. The Morgan fingerprint density at radius 1 is 1.04 bits per heavy atom. The van der Waals surface area contributed by atoms with Crippen LogP contribution in [0.15, 0.2) is 58.2 Å². The smallest absolute Gasteiger partial charge is 0.248 e. The van der Waals surface area contributed by atoms with Gasteiger partial charge in [0.1, 0.15) is 11.5 Å². The number of pyridine rings is 1. The first-order valence-electron chi connectivity index (χ1n) is 8.12. The zero-order valence-electron chi connectivity index (χ0n) is 13.8. The molecule has 1 N–H and O–H groups in total. The molecule has 2 aromatic carbocycles. The molecule has 0 spiro atoms. The van der Waals surface area contributed by atoms with Crippen molar-refractivity contribution in [3.63, 3.8) is 0 Å². The number of hydrogen-bond acceptors (Lipinski definition) is 3. The zero-order chi connectivity index (χ0) is 18.5. The number of H-pyrrole nitrogens is 1. The Bertz CT molecular complexity index is 961. The van der Waals surface area contributed by atoms with Crippen LogP contribution in [-0.2, 0) is 11.2 Å². The first-order valence-corrected chi connectivity index (χ1v) is 10.2. The zero-order valence-corrected chi connectivity index (χ0v) is 16.2. The van der Waals surface area contributed by atoms with E-state index in [2.05, 4.69) is 4.98 Å². The molecule has 1 atom stereocenters. The van der Waals surface area contributed by atoms with Gasteiger partial charge in [-0.2, -0.15) is 0 Å². The number of ether oxygens (including phenoxy) is 1. The highest BCUT2D eigenvalue weighted by molar-refractivity contribution is 7.91. The lowest BCUT2D eigenvalue weighted by Gasteiger charge is -2.12. The Hall–Kier alpha value is -1.66. The number of aromatic nitrogens is 1. The normalized spacial score (nSPS) is 12.3. The number of hydrogen-bond donors (Lipinski definition) is 1. The first-order chi connectivity index (χ1) is 12.5. The van der Waals surface area contributed by atoms with Crippen LogP contribution in [-0.4, -0.2) is 21.9 Å². The molecule has 26 heavy (non-hydrogen) atoms. The minimum Gasteiger partial charge on any atom is -0.611 e. The summed E-state index contributed by atoms with van der Waals surface area (Å²) in [5, 5.41) is 1.91. The molecule has 7 heteroatoms. The minimum absolute atomic E-state index is 0.126. The monoisotopic (exact) mass is 409 g/mol. The third-order valence-corrected chi connectivity index (χ3v) is 5.99. The van der Waals surface area contributed by atoms with E-state index in [0.29, 0.717) is 27.3 Å². The number of fused-ring (bicyclic) bond motifs is 1. The van der Waals surface area contributed by atoms with Crippen LogP contribution in [0.3, 0.4) is 0 Å². The lowest BCUT2D eigenvalue weighted by molar-refractivity contribution is 0.310. The highest BCUT2D eigenvalue weighted by atomic mass is 35.5. The van der Waals surface area contributed by atoms with E-state index >= 15 is 0 Å². The fourth-order valence-corrected chi connectivity index (χ4v) is 4.35. The van der Waals surface area contributed by atoms with Crippen LogP contribution in [0.25, 0.3) is 10.9 Å². The van der Waals surface area contributed by atoms with E-state index in [4.69, 9.17) is 27.9 Å². The molecule has 0 aliphatic carbocycles. The predicted molar refractivity (Wildman–Crippen MR) is 107 cm³/mol. The lowest BCUT2D eigenvalue weighted by Crippen LogP contribution is -2.09. The summed E-state index contributed by atoms with van der Waals surface area (Å²) in [7, 11) is 0. The van der Waals surface area contributed by atoms with Gasteiger partial charge in [0.05, 0.1) is 11.6 Å². The number of nitrogens with one attached hydrogen (secondary N) is 1. The Labute approximate surface area is 164 Å². The van der Waals surface area contributed by atoms with Gasteiger partial charge in [-0.1, -0.05) is 23.2 Å². The Kier molecular flexibility index (Phi) is 6.48. The van der Waals surface area contributed by atoms with E-state index in [1.165, 1.54) is 6.07 Å². The van der Waals surface area contributed by atoms with Crippen LogP contribution in [0.2, 0.25) is 10.0 Å². The van der Waals surface area contributed by atoms with E-state index in [1.807, 2.05) is 18.2 Å². The van der Waals surface area contributed by atoms with Crippen molar-refractivity contribution in [1.29, 1.82) is 0 Å². The molecule has 3 rings (SSSR count). The third kappa shape index (κ3) is 4.95. The quantitative estimate of drug-likeness (QED) is 0.450. The molecule has 1 heterocycles. The summed E-state index contributed by atoms with van der Waals surface area (Å²) in [5.41, 5.74) is 0.651. The Balaban J connectivity index is 1.47. The van der Waals surface area contributed by atoms with Crippen molar-refractivity contribution in [3.8, 4) is 5.75 Å². The molecule has 0 aliphatic rings. The third-order valence-electron chi connectivity index (χ3n) is 3.83. The van der Waals surface area contributed by atoms with Crippen LogP contribution >= 0.6 is 23.2 Å². The maximum Gasteiger partial charge on any atom is 0.248 e. The molecular formula is C19H17Cl2NO3S. The number of unbranched alkanes of at least 4 members (excludes halogenated alkanes) is 1. The van der Waals surface area contributed by atoms with Gasteiger partial charge in [-0.15, -0.1) is 0 Å². The number of benzene rings is 2. The molecule has 0 amide bonds.